The molecule has 0 spiro atoms. The lowest BCUT2D eigenvalue weighted by molar-refractivity contribution is -0.121. The molecule has 2 rings (SSSR count). The van der Waals surface area contributed by atoms with Crippen LogP contribution < -0.4 is 10.7 Å². The van der Waals surface area contributed by atoms with E-state index in [1.165, 1.54) is 0 Å². The molecule has 28 heavy (non-hydrogen) atoms. The second kappa shape index (κ2) is 10.6. The van der Waals surface area contributed by atoms with Gasteiger partial charge in [-0.05, 0) is 55.2 Å². The fourth-order valence-corrected chi connectivity index (χ4v) is 2.89. The van der Waals surface area contributed by atoms with Crippen molar-refractivity contribution in [3.8, 4) is 0 Å². The van der Waals surface area contributed by atoms with Crippen molar-refractivity contribution in [2.75, 3.05) is 5.32 Å². The molecule has 2 amide bonds. The number of amides is 2. The summed E-state index contributed by atoms with van der Waals surface area (Å²) >= 11 is 5.85. The first-order valence-electron chi connectivity index (χ1n) is 9.41. The van der Waals surface area contributed by atoms with Crippen LogP contribution in [0.3, 0.4) is 0 Å². The van der Waals surface area contributed by atoms with Gasteiger partial charge in [0.25, 0.3) is 0 Å². The first kappa shape index (κ1) is 21.6. The molecular formula is C22H26ClN3O2. The van der Waals surface area contributed by atoms with Gasteiger partial charge in [-0.2, -0.15) is 5.10 Å². The fraction of sp³-hybridized carbons (Fsp3) is 0.318. The maximum atomic E-state index is 12.3. The predicted octanol–water partition coefficient (Wildman–Crippen LogP) is 4.80. The van der Waals surface area contributed by atoms with Crippen molar-refractivity contribution in [2.24, 2.45) is 11.0 Å². The van der Waals surface area contributed by atoms with Crippen LogP contribution in [0.25, 0.3) is 0 Å². The first-order valence-corrected chi connectivity index (χ1v) is 9.79. The van der Waals surface area contributed by atoms with Gasteiger partial charge in [-0.25, -0.2) is 5.43 Å². The van der Waals surface area contributed by atoms with E-state index in [2.05, 4.69) is 15.8 Å². The van der Waals surface area contributed by atoms with Crippen LogP contribution in [-0.4, -0.2) is 17.5 Å². The average Bonchev–Trinajstić information content (AvgIpc) is 2.69. The molecule has 0 radical (unpaired) electrons. The smallest absolute Gasteiger partial charge is 0.244 e. The van der Waals surface area contributed by atoms with Crippen molar-refractivity contribution in [2.45, 2.75) is 40.0 Å². The zero-order chi connectivity index (χ0) is 20.5. The minimum Gasteiger partial charge on any atom is -0.326 e. The normalized spacial score (nSPS) is 11.4. The van der Waals surface area contributed by atoms with Gasteiger partial charge in [-0.15, -0.1) is 0 Å². The Hall–Kier alpha value is -2.66. The van der Waals surface area contributed by atoms with E-state index in [1.807, 2.05) is 57.2 Å². The minimum atomic E-state index is -0.208. The van der Waals surface area contributed by atoms with E-state index in [4.69, 9.17) is 11.6 Å². The highest BCUT2D eigenvalue weighted by Gasteiger charge is 2.14. The van der Waals surface area contributed by atoms with Crippen molar-refractivity contribution in [1.29, 1.82) is 0 Å². The maximum absolute atomic E-state index is 12.3. The number of nitrogens with one attached hydrogen (secondary N) is 2. The average molecular weight is 400 g/mol. The molecule has 0 atom stereocenters. The van der Waals surface area contributed by atoms with E-state index < -0.39 is 0 Å². The highest BCUT2D eigenvalue weighted by Crippen LogP contribution is 2.15. The third kappa shape index (κ3) is 6.50. The SMILES string of the molecule is CCC(CC)C(=O)Nc1cccc(/C(C)=N/NC(=O)Cc2ccc(Cl)cc2)c1. The third-order valence-electron chi connectivity index (χ3n) is 4.53. The lowest BCUT2D eigenvalue weighted by atomic mass is 10.0. The molecule has 148 valence electrons. The standard InChI is InChI=1S/C22H26ClN3O2/c1-4-17(5-2)22(28)24-20-8-6-7-18(14-20)15(3)25-26-21(27)13-16-9-11-19(23)12-10-16/h6-12,14,17H,4-5,13H2,1-3H3,(H,24,28)(H,26,27)/b25-15+. The van der Waals surface area contributed by atoms with E-state index in [0.29, 0.717) is 10.7 Å². The molecule has 2 aromatic carbocycles. The molecule has 0 unspecified atom stereocenters. The van der Waals surface area contributed by atoms with Gasteiger partial charge in [-0.1, -0.05) is 49.7 Å². The summed E-state index contributed by atoms with van der Waals surface area (Å²) in [6.45, 7) is 5.83. The lowest BCUT2D eigenvalue weighted by Crippen LogP contribution is -2.22. The van der Waals surface area contributed by atoms with Crippen LogP contribution in [0.5, 0.6) is 0 Å². The number of halogens is 1. The number of carbonyl (C=O) groups excluding carboxylic acids is 2. The van der Waals surface area contributed by atoms with Crippen LogP contribution in [0.15, 0.2) is 53.6 Å². The number of anilines is 1. The van der Waals surface area contributed by atoms with E-state index >= 15 is 0 Å². The highest BCUT2D eigenvalue weighted by molar-refractivity contribution is 6.30. The van der Waals surface area contributed by atoms with Crippen molar-refractivity contribution >= 4 is 34.8 Å². The Morgan fingerprint density at radius 2 is 1.75 bits per heavy atom. The summed E-state index contributed by atoms with van der Waals surface area (Å²) in [5, 5.41) is 7.76. The molecule has 2 aromatic rings. The highest BCUT2D eigenvalue weighted by atomic mass is 35.5. The van der Waals surface area contributed by atoms with Crippen LogP contribution in [0.1, 0.15) is 44.7 Å². The zero-order valence-electron chi connectivity index (χ0n) is 16.5. The van der Waals surface area contributed by atoms with E-state index in [1.54, 1.807) is 12.1 Å². The minimum absolute atomic E-state index is 0.00516. The monoisotopic (exact) mass is 399 g/mol. The molecule has 0 saturated carbocycles. The van der Waals surface area contributed by atoms with Gasteiger partial charge in [0.1, 0.15) is 0 Å². The molecule has 5 nitrogen and oxygen atoms in total. The topological polar surface area (TPSA) is 70.6 Å². The summed E-state index contributed by atoms with van der Waals surface area (Å²) in [7, 11) is 0. The molecular weight excluding hydrogens is 374 g/mol. The van der Waals surface area contributed by atoms with Gasteiger partial charge in [0, 0.05) is 16.6 Å². The molecule has 0 aliphatic carbocycles. The summed E-state index contributed by atoms with van der Waals surface area (Å²) in [6, 6.07) is 14.6. The van der Waals surface area contributed by atoms with Crippen molar-refractivity contribution in [1.82, 2.24) is 5.43 Å². The van der Waals surface area contributed by atoms with Crippen molar-refractivity contribution in [3.63, 3.8) is 0 Å². The molecule has 0 fully saturated rings. The Morgan fingerprint density at radius 3 is 2.39 bits per heavy atom. The molecule has 0 bridgehead atoms. The molecule has 0 aliphatic rings. The Bertz CT molecular complexity index is 843. The van der Waals surface area contributed by atoms with Crippen molar-refractivity contribution < 1.29 is 9.59 Å². The Kier molecular flexibility index (Phi) is 8.20. The van der Waals surface area contributed by atoms with E-state index in [0.717, 1.165) is 29.7 Å². The van der Waals surface area contributed by atoms with Crippen LogP contribution in [0.4, 0.5) is 5.69 Å². The van der Waals surface area contributed by atoms with Crippen LogP contribution >= 0.6 is 11.6 Å². The van der Waals surface area contributed by atoms with Gasteiger partial charge >= 0.3 is 0 Å². The number of benzene rings is 2. The number of carbonyl (C=O) groups is 2. The quantitative estimate of drug-likeness (QED) is 0.494. The second-order valence-corrected chi connectivity index (χ2v) is 7.06. The largest absolute Gasteiger partial charge is 0.326 e. The van der Waals surface area contributed by atoms with Crippen molar-refractivity contribution in [3.05, 3.63) is 64.7 Å². The Morgan fingerprint density at radius 1 is 1.07 bits per heavy atom. The molecule has 0 aliphatic heterocycles. The zero-order valence-corrected chi connectivity index (χ0v) is 17.2. The molecule has 0 heterocycles. The van der Waals surface area contributed by atoms with Gasteiger partial charge in [-0.3, -0.25) is 9.59 Å². The third-order valence-corrected chi connectivity index (χ3v) is 4.78. The second-order valence-electron chi connectivity index (χ2n) is 6.62. The number of rotatable bonds is 8. The summed E-state index contributed by atoms with van der Waals surface area (Å²) in [5.41, 5.74) is 5.63. The van der Waals surface area contributed by atoms with Gasteiger partial charge in [0.05, 0.1) is 12.1 Å². The Labute approximate surface area is 171 Å². The van der Waals surface area contributed by atoms with Crippen LogP contribution in [0, 0.1) is 5.92 Å². The molecule has 6 heteroatoms. The summed E-state index contributed by atoms with van der Waals surface area (Å²) in [5.74, 6) is -0.182. The number of hydrogen-bond acceptors (Lipinski definition) is 3. The Balaban J connectivity index is 1.99. The number of hydrazone groups is 1. The fourth-order valence-electron chi connectivity index (χ4n) is 2.76. The summed E-state index contributed by atoms with van der Waals surface area (Å²) in [4.78, 5) is 24.3. The van der Waals surface area contributed by atoms with Crippen LogP contribution in [0.2, 0.25) is 5.02 Å². The maximum Gasteiger partial charge on any atom is 0.244 e. The van der Waals surface area contributed by atoms with Gasteiger partial charge in [0.15, 0.2) is 0 Å². The number of nitrogens with zero attached hydrogens (tertiary/aromatic N) is 1. The van der Waals surface area contributed by atoms with E-state index in [-0.39, 0.29) is 24.2 Å². The molecule has 2 N–H and O–H groups in total. The predicted molar refractivity (Wildman–Crippen MR) is 115 cm³/mol. The lowest BCUT2D eigenvalue weighted by Gasteiger charge is -2.13. The molecule has 0 saturated heterocycles. The summed E-state index contributed by atoms with van der Waals surface area (Å²) < 4.78 is 0. The van der Waals surface area contributed by atoms with Gasteiger partial charge in [0.2, 0.25) is 11.8 Å². The number of hydrogen-bond donors (Lipinski definition) is 2. The van der Waals surface area contributed by atoms with E-state index in [9.17, 15) is 9.59 Å². The molecule has 0 aromatic heterocycles. The van der Waals surface area contributed by atoms with Crippen LogP contribution in [-0.2, 0) is 16.0 Å². The summed E-state index contributed by atoms with van der Waals surface area (Å²) in [6.07, 6.45) is 1.84. The van der Waals surface area contributed by atoms with Gasteiger partial charge < -0.3 is 5.32 Å². The first-order chi connectivity index (χ1) is 13.4.